The lowest BCUT2D eigenvalue weighted by molar-refractivity contribution is -0.131. The molecule has 0 saturated heterocycles. The maximum atomic E-state index is 13.1. The standard InChI is InChI=1S/C30H37NO3/c1-2-3-4-5-6-7-8-9-10-18-29(32)27-23-31(28-17-12-11-16-26(27)28)22-25-15-13-14-24(21-25)19-20-30(33)34/h11-17,19-21,23H,2-10,18,22H2,1H3,(H,33,34). The second-order valence-electron chi connectivity index (χ2n) is 9.11. The molecule has 2 aromatic carbocycles. The van der Waals surface area contributed by atoms with Gasteiger partial charge in [-0.25, -0.2) is 4.79 Å². The zero-order valence-corrected chi connectivity index (χ0v) is 20.3. The van der Waals surface area contributed by atoms with E-state index in [1.54, 1.807) is 6.08 Å². The monoisotopic (exact) mass is 459 g/mol. The van der Waals surface area contributed by atoms with Crippen molar-refractivity contribution in [2.45, 2.75) is 77.7 Å². The number of aliphatic carboxylic acids is 1. The number of carbonyl (C=O) groups is 2. The number of nitrogens with zero attached hydrogens (tertiary/aromatic N) is 1. The van der Waals surface area contributed by atoms with Crippen molar-refractivity contribution in [3.05, 3.63) is 77.5 Å². The smallest absolute Gasteiger partial charge is 0.328 e. The van der Waals surface area contributed by atoms with E-state index in [0.717, 1.165) is 46.5 Å². The number of carboxylic acids is 1. The Kier molecular flexibility index (Phi) is 10.1. The zero-order chi connectivity index (χ0) is 24.2. The topological polar surface area (TPSA) is 59.3 Å². The first-order valence-electron chi connectivity index (χ1n) is 12.7. The number of fused-ring (bicyclic) bond motifs is 1. The van der Waals surface area contributed by atoms with Crippen LogP contribution in [0, 0.1) is 0 Å². The average molecular weight is 460 g/mol. The molecule has 3 aromatic rings. The number of ketones is 1. The van der Waals surface area contributed by atoms with Crippen LogP contribution in [0.1, 0.15) is 92.6 Å². The number of unbranched alkanes of at least 4 members (excludes halogenated alkanes) is 8. The molecule has 0 aliphatic rings. The Morgan fingerprint density at radius 2 is 1.59 bits per heavy atom. The van der Waals surface area contributed by atoms with Gasteiger partial charge in [0, 0.05) is 41.7 Å². The first kappa shape index (κ1) is 25.5. The number of carbonyl (C=O) groups excluding carboxylic acids is 1. The largest absolute Gasteiger partial charge is 0.478 e. The number of para-hydroxylation sites is 1. The fraction of sp³-hybridized carbons (Fsp3) is 0.400. The molecule has 0 unspecified atom stereocenters. The molecule has 0 atom stereocenters. The Morgan fingerprint density at radius 1 is 0.882 bits per heavy atom. The minimum Gasteiger partial charge on any atom is -0.478 e. The molecule has 0 aliphatic heterocycles. The van der Waals surface area contributed by atoms with E-state index in [1.807, 2.05) is 48.7 Å². The van der Waals surface area contributed by atoms with E-state index < -0.39 is 5.97 Å². The summed E-state index contributed by atoms with van der Waals surface area (Å²) in [5, 5.41) is 9.88. The van der Waals surface area contributed by atoms with Gasteiger partial charge >= 0.3 is 5.97 Å². The third-order valence-corrected chi connectivity index (χ3v) is 6.32. The summed E-state index contributed by atoms with van der Waals surface area (Å²) in [7, 11) is 0. The van der Waals surface area contributed by atoms with Gasteiger partial charge in [-0.1, -0.05) is 94.7 Å². The Bertz CT molecular complexity index is 1110. The molecule has 0 spiro atoms. The molecule has 4 nitrogen and oxygen atoms in total. The van der Waals surface area contributed by atoms with Crippen molar-refractivity contribution >= 4 is 28.7 Å². The van der Waals surface area contributed by atoms with Gasteiger partial charge in [0.05, 0.1) is 0 Å². The molecule has 0 amide bonds. The van der Waals surface area contributed by atoms with Crippen LogP contribution in [0.3, 0.4) is 0 Å². The third-order valence-electron chi connectivity index (χ3n) is 6.32. The molecule has 180 valence electrons. The maximum Gasteiger partial charge on any atom is 0.328 e. The van der Waals surface area contributed by atoms with E-state index in [1.165, 1.54) is 44.9 Å². The Balaban J connectivity index is 1.61. The summed E-state index contributed by atoms with van der Waals surface area (Å²) in [6, 6.07) is 15.9. The van der Waals surface area contributed by atoms with Gasteiger partial charge in [0.15, 0.2) is 5.78 Å². The van der Waals surface area contributed by atoms with Crippen LogP contribution in [-0.4, -0.2) is 21.4 Å². The lowest BCUT2D eigenvalue weighted by atomic mass is 10.0. The summed E-state index contributed by atoms with van der Waals surface area (Å²) >= 11 is 0. The van der Waals surface area contributed by atoms with Gasteiger partial charge in [-0.2, -0.15) is 0 Å². The number of Topliss-reactive ketones (excluding diaryl/α,β-unsaturated/α-hetero) is 1. The normalized spacial score (nSPS) is 11.4. The maximum absolute atomic E-state index is 13.1. The molecule has 34 heavy (non-hydrogen) atoms. The lowest BCUT2D eigenvalue weighted by Crippen LogP contribution is -2.00. The van der Waals surface area contributed by atoms with Gasteiger partial charge < -0.3 is 9.67 Å². The molecule has 0 fully saturated rings. The minimum absolute atomic E-state index is 0.219. The number of hydrogen-bond donors (Lipinski definition) is 1. The summed E-state index contributed by atoms with van der Waals surface area (Å²) in [5.74, 6) is -0.743. The predicted molar refractivity (Wildman–Crippen MR) is 140 cm³/mol. The van der Waals surface area contributed by atoms with E-state index in [-0.39, 0.29) is 5.78 Å². The van der Waals surface area contributed by atoms with Crippen molar-refractivity contribution < 1.29 is 14.7 Å². The Morgan fingerprint density at radius 3 is 2.32 bits per heavy atom. The van der Waals surface area contributed by atoms with E-state index in [4.69, 9.17) is 5.11 Å². The van der Waals surface area contributed by atoms with Gasteiger partial charge in [-0.15, -0.1) is 0 Å². The summed E-state index contributed by atoms with van der Waals surface area (Å²) in [6.45, 7) is 2.87. The fourth-order valence-electron chi connectivity index (χ4n) is 4.49. The predicted octanol–water partition coefficient (Wildman–Crippen LogP) is 7.89. The van der Waals surface area contributed by atoms with Crippen molar-refractivity contribution in [1.29, 1.82) is 0 Å². The van der Waals surface area contributed by atoms with Gasteiger partial charge in [-0.3, -0.25) is 4.79 Å². The minimum atomic E-state index is -0.961. The fourth-order valence-corrected chi connectivity index (χ4v) is 4.49. The van der Waals surface area contributed by atoms with Crippen molar-refractivity contribution in [3.63, 3.8) is 0 Å². The van der Waals surface area contributed by atoms with E-state index >= 15 is 0 Å². The summed E-state index contributed by atoms with van der Waals surface area (Å²) in [5.41, 5.74) is 3.76. The molecular formula is C30H37NO3. The van der Waals surface area contributed by atoms with Crippen LogP contribution in [0.5, 0.6) is 0 Å². The Labute approximate surface area is 203 Å². The molecule has 0 radical (unpaired) electrons. The van der Waals surface area contributed by atoms with Crippen LogP contribution in [0.2, 0.25) is 0 Å². The van der Waals surface area contributed by atoms with Crippen LogP contribution in [0.4, 0.5) is 0 Å². The quantitative estimate of drug-likeness (QED) is 0.143. The molecule has 0 saturated carbocycles. The first-order chi connectivity index (χ1) is 16.6. The highest BCUT2D eigenvalue weighted by Crippen LogP contribution is 2.25. The lowest BCUT2D eigenvalue weighted by Gasteiger charge is -2.06. The van der Waals surface area contributed by atoms with Crippen molar-refractivity contribution in [3.8, 4) is 0 Å². The van der Waals surface area contributed by atoms with E-state index in [9.17, 15) is 9.59 Å². The molecule has 1 aromatic heterocycles. The van der Waals surface area contributed by atoms with Gasteiger partial charge in [0.1, 0.15) is 0 Å². The number of rotatable bonds is 15. The molecule has 0 aliphatic carbocycles. The molecule has 4 heteroatoms. The first-order valence-corrected chi connectivity index (χ1v) is 12.7. The van der Waals surface area contributed by atoms with Gasteiger partial charge in [0.25, 0.3) is 0 Å². The van der Waals surface area contributed by atoms with Crippen molar-refractivity contribution in [1.82, 2.24) is 4.57 Å². The highest BCUT2D eigenvalue weighted by molar-refractivity contribution is 6.08. The highest BCUT2D eigenvalue weighted by Gasteiger charge is 2.15. The molecule has 0 bridgehead atoms. The van der Waals surface area contributed by atoms with Crippen molar-refractivity contribution in [2.75, 3.05) is 0 Å². The third kappa shape index (κ3) is 7.72. The van der Waals surface area contributed by atoms with Crippen LogP contribution >= 0.6 is 0 Å². The molecular weight excluding hydrogens is 422 g/mol. The van der Waals surface area contributed by atoms with Crippen LogP contribution in [0.15, 0.2) is 60.8 Å². The molecule has 3 rings (SSSR count). The molecule has 1 N–H and O–H groups in total. The van der Waals surface area contributed by atoms with Crippen LogP contribution in [-0.2, 0) is 11.3 Å². The number of benzene rings is 2. The van der Waals surface area contributed by atoms with Gasteiger partial charge in [-0.05, 0) is 35.8 Å². The number of carboxylic acid groups (broad SMARTS) is 1. The van der Waals surface area contributed by atoms with Crippen LogP contribution < -0.4 is 0 Å². The summed E-state index contributed by atoms with van der Waals surface area (Å²) < 4.78 is 2.12. The zero-order valence-electron chi connectivity index (χ0n) is 20.3. The van der Waals surface area contributed by atoms with E-state index in [0.29, 0.717) is 13.0 Å². The van der Waals surface area contributed by atoms with E-state index in [2.05, 4.69) is 17.6 Å². The van der Waals surface area contributed by atoms with Crippen molar-refractivity contribution in [2.24, 2.45) is 0 Å². The average Bonchev–Trinajstić information content (AvgIpc) is 3.20. The second kappa shape index (κ2) is 13.5. The summed E-state index contributed by atoms with van der Waals surface area (Å²) in [6.07, 6.45) is 16.5. The van der Waals surface area contributed by atoms with Gasteiger partial charge in [0.2, 0.25) is 0 Å². The number of hydrogen-bond acceptors (Lipinski definition) is 2. The highest BCUT2D eigenvalue weighted by atomic mass is 16.4. The summed E-state index contributed by atoms with van der Waals surface area (Å²) in [4.78, 5) is 23.9. The second-order valence-corrected chi connectivity index (χ2v) is 9.11. The SMILES string of the molecule is CCCCCCCCCCCC(=O)c1cn(Cc2cccc(C=CC(=O)O)c2)c2ccccc12. The van der Waals surface area contributed by atoms with Crippen LogP contribution in [0.25, 0.3) is 17.0 Å². The molecule has 1 heterocycles. The number of aromatic nitrogens is 1. The Hall–Kier alpha value is -3.14.